The number of nitrogens with one attached hydrogen (secondary N) is 1. The van der Waals surface area contributed by atoms with Crippen molar-refractivity contribution < 1.29 is 64.6 Å². The van der Waals surface area contributed by atoms with Gasteiger partial charge in [-0.1, -0.05) is 305 Å². The van der Waals surface area contributed by atoms with Gasteiger partial charge in [0.1, 0.15) is 48.8 Å². The van der Waals surface area contributed by atoms with Crippen LogP contribution in [0.4, 0.5) is 0 Å². The number of hydrogen-bond acceptors (Lipinski definition) is 13. The van der Waals surface area contributed by atoms with Crippen LogP contribution in [0.15, 0.2) is 72.9 Å². The van der Waals surface area contributed by atoms with E-state index in [-0.39, 0.29) is 18.9 Å². The number of carbonyl (C=O) groups excluding carboxylic acids is 1. The first-order valence-electron chi connectivity index (χ1n) is 37.2. The summed E-state index contributed by atoms with van der Waals surface area (Å²) in [6.45, 7) is 2.71. The molecule has 1 amide bonds. The van der Waals surface area contributed by atoms with Gasteiger partial charge in [-0.05, 0) is 70.6 Å². The maximum Gasteiger partial charge on any atom is 0.220 e. The summed E-state index contributed by atoms with van der Waals surface area (Å²) in [5.74, 6) is -0.245. The van der Waals surface area contributed by atoms with E-state index in [0.29, 0.717) is 12.8 Å². The summed E-state index contributed by atoms with van der Waals surface area (Å²) in [4.78, 5) is 13.4. The molecular formula is C76H137NO13. The van der Waals surface area contributed by atoms with E-state index >= 15 is 0 Å². The average molecular weight is 1270 g/mol. The van der Waals surface area contributed by atoms with Crippen LogP contribution < -0.4 is 5.32 Å². The van der Waals surface area contributed by atoms with Crippen molar-refractivity contribution in [3.05, 3.63) is 72.9 Å². The maximum atomic E-state index is 13.4. The molecule has 0 aromatic rings. The van der Waals surface area contributed by atoms with Gasteiger partial charge in [-0.15, -0.1) is 0 Å². The largest absolute Gasteiger partial charge is 0.394 e. The summed E-state index contributed by atoms with van der Waals surface area (Å²) in [5, 5.41) is 87.5. The first-order valence-corrected chi connectivity index (χ1v) is 37.2. The lowest BCUT2D eigenvalue weighted by Crippen LogP contribution is -2.65. The molecule has 12 atom stereocenters. The SMILES string of the molecule is CC/C=C\C/C=C\C/C=C\C/C=C\CCCCCCCCCCCCCCCCCCCCCCC(=O)NC(COC1OC(CO)C(OC2OC(CO)C(O)C(O)C2O)C(O)C1O)C(O)/C=C/CC/C=C/CCCCCCCCCCCCCCCCCCC. The van der Waals surface area contributed by atoms with Gasteiger partial charge in [0.25, 0.3) is 0 Å². The molecule has 9 N–H and O–H groups in total. The van der Waals surface area contributed by atoms with E-state index < -0.39 is 86.8 Å². The van der Waals surface area contributed by atoms with Crippen LogP contribution in [0.25, 0.3) is 0 Å². The van der Waals surface area contributed by atoms with Gasteiger partial charge in [-0.2, -0.15) is 0 Å². The van der Waals surface area contributed by atoms with Gasteiger partial charge < -0.3 is 65.1 Å². The third kappa shape index (κ3) is 43.4. The molecule has 2 saturated heterocycles. The highest BCUT2D eigenvalue weighted by molar-refractivity contribution is 5.76. The number of unbranched alkanes of at least 4 members (excludes halogenated alkanes) is 38. The first-order chi connectivity index (χ1) is 44.1. The molecule has 0 aliphatic carbocycles. The Balaban J connectivity index is 1.65. The number of aliphatic hydroxyl groups excluding tert-OH is 8. The predicted octanol–water partition coefficient (Wildman–Crippen LogP) is 15.8. The minimum Gasteiger partial charge on any atom is -0.394 e. The molecule has 0 aromatic heterocycles. The van der Waals surface area contributed by atoms with Crippen LogP contribution in [0.3, 0.4) is 0 Å². The summed E-state index contributed by atoms with van der Waals surface area (Å²) < 4.78 is 22.9. The lowest BCUT2D eigenvalue weighted by atomic mass is 9.97. The Morgan fingerprint density at radius 1 is 0.411 bits per heavy atom. The number of rotatable bonds is 61. The Kier molecular flexibility index (Phi) is 55.8. The van der Waals surface area contributed by atoms with Crippen LogP contribution in [-0.4, -0.2) is 140 Å². The quantitative estimate of drug-likeness (QED) is 0.0204. The van der Waals surface area contributed by atoms with Crippen molar-refractivity contribution in [2.45, 2.75) is 383 Å². The number of aliphatic hydroxyl groups is 8. The molecule has 0 radical (unpaired) electrons. The fourth-order valence-electron chi connectivity index (χ4n) is 12.0. The van der Waals surface area contributed by atoms with E-state index in [9.17, 15) is 45.6 Å². The number of hydrogen-bond donors (Lipinski definition) is 9. The summed E-state index contributed by atoms with van der Waals surface area (Å²) in [7, 11) is 0. The topological polar surface area (TPSA) is 228 Å². The molecule has 12 unspecified atom stereocenters. The number of ether oxygens (including phenoxy) is 4. The smallest absolute Gasteiger partial charge is 0.220 e. The van der Waals surface area contributed by atoms with Gasteiger partial charge >= 0.3 is 0 Å². The van der Waals surface area contributed by atoms with Crippen LogP contribution in [0.1, 0.15) is 309 Å². The van der Waals surface area contributed by atoms with E-state index in [1.807, 2.05) is 6.08 Å². The van der Waals surface area contributed by atoms with Gasteiger partial charge in [-0.25, -0.2) is 0 Å². The zero-order valence-corrected chi connectivity index (χ0v) is 57.1. The minimum atomic E-state index is -1.79. The molecule has 0 aromatic carbocycles. The molecule has 2 aliphatic heterocycles. The van der Waals surface area contributed by atoms with Crippen molar-refractivity contribution in [2.75, 3.05) is 19.8 Å². The molecule has 14 nitrogen and oxygen atoms in total. The normalized spacial score (nSPS) is 23.3. The van der Waals surface area contributed by atoms with Gasteiger partial charge in [0.05, 0.1) is 32.0 Å². The Hall–Kier alpha value is -2.57. The lowest BCUT2D eigenvalue weighted by Gasteiger charge is -2.46. The van der Waals surface area contributed by atoms with Crippen LogP contribution in [0.5, 0.6) is 0 Å². The van der Waals surface area contributed by atoms with E-state index in [1.165, 1.54) is 218 Å². The van der Waals surface area contributed by atoms with Gasteiger partial charge in [0, 0.05) is 6.42 Å². The summed E-state index contributed by atoms with van der Waals surface area (Å²) >= 11 is 0. The molecule has 2 rings (SSSR count). The first kappa shape index (κ1) is 83.5. The Morgan fingerprint density at radius 3 is 1.22 bits per heavy atom. The highest BCUT2D eigenvalue weighted by Gasteiger charge is 2.51. The fraction of sp³-hybridized carbons (Fsp3) is 0.829. The Morgan fingerprint density at radius 2 is 0.778 bits per heavy atom. The van der Waals surface area contributed by atoms with Crippen LogP contribution >= 0.6 is 0 Å². The standard InChI is InChI=1S/C76H137NO13/c1-3-5-7-9-11-13-15-17-19-21-23-25-27-28-29-30-31-32-33-34-35-36-38-40-42-44-46-48-50-52-54-56-58-60-68(81)77-64(63-87-75-73(86)71(84)74(67(62-79)89-75)90-76-72(85)70(83)69(82)66(61-78)88-76)65(80)59-57-55-53-51-49-47-45-43-41-39-37-26-24-22-20-18-16-14-12-10-8-6-4-2/h5,7,11,13,17,19,23,25,49,51,57,59,64-67,69-76,78-80,82-86H,3-4,6,8-10,12,14-16,18,20-22,24,26-48,50,52-56,58,60-63H2,1-2H3,(H,77,81)/b7-5-,13-11-,19-17-,25-23-,51-49+,59-57+. The zero-order chi connectivity index (χ0) is 65.2. The van der Waals surface area contributed by atoms with Crippen LogP contribution in [-0.2, 0) is 23.7 Å². The second-order valence-corrected chi connectivity index (χ2v) is 26.0. The zero-order valence-electron chi connectivity index (χ0n) is 57.1. The second-order valence-electron chi connectivity index (χ2n) is 26.0. The third-order valence-corrected chi connectivity index (χ3v) is 17.9. The minimum absolute atomic E-state index is 0.245. The summed E-state index contributed by atoms with van der Waals surface area (Å²) in [6, 6.07) is -0.934. The van der Waals surface area contributed by atoms with Gasteiger partial charge in [0.2, 0.25) is 5.91 Å². The monoisotopic (exact) mass is 1270 g/mol. The molecule has 90 heavy (non-hydrogen) atoms. The highest BCUT2D eigenvalue weighted by atomic mass is 16.7. The molecule has 2 fully saturated rings. The van der Waals surface area contributed by atoms with Crippen LogP contribution in [0, 0.1) is 0 Å². The Bertz CT molecular complexity index is 1790. The fourth-order valence-corrected chi connectivity index (χ4v) is 12.0. The highest BCUT2D eigenvalue weighted by Crippen LogP contribution is 2.30. The van der Waals surface area contributed by atoms with Crippen LogP contribution in [0.2, 0.25) is 0 Å². The van der Waals surface area contributed by atoms with E-state index in [4.69, 9.17) is 18.9 Å². The molecule has 2 heterocycles. The number of allylic oxidation sites excluding steroid dienone is 11. The van der Waals surface area contributed by atoms with Crippen molar-refractivity contribution in [2.24, 2.45) is 0 Å². The van der Waals surface area contributed by atoms with Gasteiger partial charge in [-0.3, -0.25) is 4.79 Å². The summed E-state index contributed by atoms with van der Waals surface area (Å²) in [6.07, 6.45) is 65.4. The molecular weight excluding hydrogens is 1130 g/mol. The van der Waals surface area contributed by atoms with E-state index in [1.54, 1.807) is 6.08 Å². The molecule has 0 saturated carbocycles. The van der Waals surface area contributed by atoms with E-state index in [2.05, 4.69) is 79.9 Å². The molecule has 0 bridgehead atoms. The predicted molar refractivity (Wildman–Crippen MR) is 369 cm³/mol. The van der Waals surface area contributed by atoms with Crippen molar-refractivity contribution in [3.8, 4) is 0 Å². The van der Waals surface area contributed by atoms with Crippen molar-refractivity contribution in [1.82, 2.24) is 5.32 Å². The van der Waals surface area contributed by atoms with Crippen molar-refractivity contribution >= 4 is 5.91 Å². The van der Waals surface area contributed by atoms with Crippen molar-refractivity contribution in [3.63, 3.8) is 0 Å². The van der Waals surface area contributed by atoms with Gasteiger partial charge in [0.15, 0.2) is 12.6 Å². The molecule has 0 spiro atoms. The van der Waals surface area contributed by atoms with E-state index in [0.717, 1.165) is 57.8 Å². The van der Waals surface area contributed by atoms with Crippen molar-refractivity contribution in [1.29, 1.82) is 0 Å². The molecule has 14 heteroatoms. The lowest BCUT2D eigenvalue weighted by molar-refractivity contribution is -0.359. The molecule has 524 valence electrons. The number of amides is 1. The molecule has 2 aliphatic rings. The third-order valence-electron chi connectivity index (χ3n) is 17.9. The maximum absolute atomic E-state index is 13.4. The summed E-state index contributed by atoms with van der Waals surface area (Å²) in [5.41, 5.74) is 0. The number of carbonyl (C=O) groups is 1. The second kappa shape index (κ2) is 60.1. The average Bonchev–Trinajstić information content (AvgIpc) is 1.41. The Labute approximate surface area is 548 Å².